The van der Waals surface area contributed by atoms with Gasteiger partial charge in [0.1, 0.15) is 0 Å². The fraction of sp³-hybridized carbons (Fsp3) is 0.394. The first-order chi connectivity index (χ1) is 20.2. The van der Waals surface area contributed by atoms with Crippen LogP contribution in [-0.4, -0.2) is 47.9 Å². The molecule has 0 saturated carbocycles. The number of aliphatic carboxylic acids is 1. The van der Waals surface area contributed by atoms with Crippen LogP contribution in [-0.2, 0) is 15.1 Å². The molecule has 1 fully saturated rings. The Balaban J connectivity index is 1.67. The van der Waals surface area contributed by atoms with Crippen LogP contribution in [0, 0.1) is 5.41 Å². The van der Waals surface area contributed by atoms with Crippen molar-refractivity contribution in [3.63, 3.8) is 0 Å². The van der Waals surface area contributed by atoms with E-state index in [-0.39, 0.29) is 24.8 Å². The molecule has 2 aliphatic rings. The molecule has 43 heavy (non-hydrogen) atoms. The van der Waals surface area contributed by atoms with Gasteiger partial charge in [-0.2, -0.15) is 4.31 Å². The van der Waals surface area contributed by atoms with Gasteiger partial charge in [0.15, 0.2) is 0 Å². The van der Waals surface area contributed by atoms with Crippen LogP contribution in [0.25, 0.3) is 0 Å². The van der Waals surface area contributed by atoms with Crippen LogP contribution < -0.4 is 0 Å². The van der Waals surface area contributed by atoms with E-state index in [9.17, 15) is 23.8 Å². The fourth-order valence-electron chi connectivity index (χ4n) is 7.00. The van der Waals surface area contributed by atoms with Gasteiger partial charge in [0.25, 0.3) is 0 Å². The molecule has 7 nitrogen and oxygen atoms in total. The lowest BCUT2D eigenvalue weighted by Crippen LogP contribution is -2.59. The van der Waals surface area contributed by atoms with Crippen molar-refractivity contribution in [2.24, 2.45) is 5.41 Å². The third-order valence-corrected chi connectivity index (χ3v) is 11.8. The normalized spacial score (nSPS) is 26.1. The van der Waals surface area contributed by atoms with Crippen LogP contribution in [0.15, 0.2) is 77.7 Å². The highest BCUT2D eigenvalue weighted by Crippen LogP contribution is 2.65. The Morgan fingerprint density at radius 1 is 0.977 bits per heavy atom. The Kier molecular flexibility index (Phi) is 8.68. The second kappa shape index (κ2) is 11.7. The zero-order chi connectivity index (χ0) is 31.3. The number of halogens is 2. The molecule has 230 valence electrons. The van der Waals surface area contributed by atoms with Crippen LogP contribution in [0.2, 0.25) is 10.0 Å². The molecule has 0 aromatic heterocycles. The fourth-order valence-corrected chi connectivity index (χ4v) is 9.55. The number of rotatable bonds is 8. The van der Waals surface area contributed by atoms with Gasteiger partial charge in [-0.05, 0) is 73.7 Å². The summed E-state index contributed by atoms with van der Waals surface area (Å²) in [5, 5.41) is 11.0. The van der Waals surface area contributed by atoms with Crippen LogP contribution in [0.3, 0.4) is 0 Å². The highest BCUT2D eigenvalue weighted by molar-refractivity contribution is 8.22. The van der Waals surface area contributed by atoms with Gasteiger partial charge in [-0.1, -0.05) is 79.5 Å². The van der Waals surface area contributed by atoms with E-state index in [1.54, 1.807) is 41.6 Å². The number of hydrogen-bond acceptors (Lipinski definition) is 5. The van der Waals surface area contributed by atoms with Crippen LogP contribution in [0.4, 0.5) is 0 Å². The third-order valence-electron chi connectivity index (χ3n) is 9.15. The van der Waals surface area contributed by atoms with E-state index in [1.165, 1.54) is 0 Å². The molecule has 1 saturated heterocycles. The number of carbonyl (C=O) groups is 2. The largest absolute Gasteiger partial charge is 0.481 e. The van der Waals surface area contributed by atoms with Gasteiger partial charge in [-0.25, -0.2) is 0 Å². The van der Waals surface area contributed by atoms with Gasteiger partial charge >= 0.3 is 5.97 Å². The predicted octanol–water partition coefficient (Wildman–Crippen LogP) is 8.59. The van der Waals surface area contributed by atoms with E-state index in [0.29, 0.717) is 27.8 Å². The van der Waals surface area contributed by atoms with Crippen molar-refractivity contribution < 1.29 is 23.8 Å². The van der Waals surface area contributed by atoms with E-state index in [0.717, 1.165) is 16.7 Å². The minimum atomic E-state index is -3.36. The van der Waals surface area contributed by atoms with Gasteiger partial charge in [-0.3, -0.25) is 18.7 Å². The van der Waals surface area contributed by atoms with E-state index in [2.05, 4.69) is 0 Å². The highest BCUT2D eigenvalue weighted by Gasteiger charge is 2.54. The lowest BCUT2D eigenvalue weighted by atomic mass is 9.67. The van der Waals surface area contributed by atoms with E-state index in [4.69, 9.17) is 23.2 Å². The van der Waals surface area contributed by atoms with E-state index >= 15 is 0 Å². The monoisotopic (exact) mass is 644 g/mol. The maximum atomic E-state index is 14.7. The molecule has 10 heteroatoms. The second-order valence-corrected chi connectivity index (χ2v) is 15.2. The number of fused-ring (bicyclic) bond motifs is 1. The molecule has 3 aromatic carbocycles. The number of likely N-dealkylation sites (tertiary alicyclic amines) is 1. The number of carboxylic acid groups (broad SMARTS) is 1. The summed E-state index contributed by atoms with van der Waals surface area (Å²) in [6.07, 6.45) is 0.466. The van der Waals surface area contributed by atoms with E-state index in [1.807, 2.05) is 68.1 Å². The molecule has 2 heterocycles. The molecule has 4 unspecified atom stereocenters. The van der Waals surface area contributed by atoms with Gasteiger partial charge in [-0.15, -0.1) is 10.8 Å². The molecule has 1 amide bonds. The number of carbonyl (C=O) groups excluding carboxylic acids is 1. The molecule has 0 bridgehead atoms. The van der Waals surface area contributed by atoms with Crippen molar-refractivity contribution in [3.8, 4) is 0 Å². The molecular formula is C33H38Cl2N2O5S. The Morgan fingerprint density at radius 3 is 2.26 bits per heavy atom. The summed E-state index contributed by atoms with van der Waals surface area (Å²) in [7, 11) is -3.36. The van der Waals surface area contributed by atoms with Gasteiger partial charge in [0.05, 0.1) is 28.3 Å². The van der Waals surface area contributed by atoms with Crippen LogP contribution in [0.5, 0.6) is 0 Å². The van der Waals surface area contributed by atoms with Crippen molar-refractivity contribution in [1.29, 1.82) is 0 Å². The maximum Gasteiger partial charge on any atom is 0.304 e. The Morgan fingerprint density at radius 2 is 1.65 bits per heavy atom. The average molecular weight is 646 g/mol. The van der Waals surface area contributed by atoms with Gasteiger partial charge < -0.3 is 10.0 Å². The quantitative estimate of drug-likeness (QED) is 0.227. The number of benzene rings is 3. The van der Waals surface area contributed by atoms with Crippen molar-refractivity contribution in [1.82, 2.24) is 9.21 Å². The first kappa shape index (κ1) is 31.8. The lowest BCUT2D eigenvalue weighted by Gasteiger charge is -2.53. The summed E-state index contributed by atoms with van der Waals surface area (Å²) in [4.78, 5) is 29.1. The molecule has 5 rings (SSSR count). The number of hydrogen-bond donors (Lipinski definition) is 3. The molecule has 4 atom stereocenters. The molecule has 3 aromatic rings. The number of nitrogens with zero attached hydrogens (tertiary/aromatic N) is 2. The maximum absolute atomic E-state index is 14.7. The number of amides is 1. The molecule has 0 spiro atoms. The Bertz CT molecular complexity index is 1500. The summed E-state index contributed by atoms with van der Waals surface area (Å²) < 4.78 is 24.9. The Labute approximate surface area is 264 Å². The molecule has 2 aliphatic heterocycles. The van der Waals surface area contributed by atoms with Gasteiger partial charge in [0.2, 0.25) is 5.91 Å². The van der Waals surface area contributed by atoms with Crippen molar-refractivity contribution >= 4 is 45.9 Å². The summed E-state index contributed by atoms with van der Waals surface area (Å²) in [6, 6.07) is 21.2. The minimum Gasteiger partial charge on any atom is -0.481 e. The SMILES string of the molecule is CCC(CN1C(C)(C)c2ccccc2S1(O)O)N1C(=O)C(C)(CC(=O)O)CC(c2cccc(Cl)c2)C1c1ccc(Cl)cc1. The van der Waals surface area contributed by atoms with Crippen LogP contribution in [0.1, 0.15) is 75.6 Å². The van der Waals surface area contributed by atoms with Crippen molar-refractivity contribution in [3.05, 3.63) is 99.5 Å². The van der Waals surface area contributed by atoms with Gasteiger partial charge in [0, 0.05) is 28.5 Å². The zero-order valence-electron chi connectivity index (χ0n) is 24.7. The minimum absolute atomic E-state index is 0.168. The molecular weight excluding hydrogens is 607 g/mol. The van der Waals surface area contributed by atoms with E-state index < -0.39 is 39.8 Å². The Hall–Kier alpha value is -2.59. The summed E-state index contributed by atoms with van der Waals surface area (Å²) in [5.74, 6) is -1.62. The van der Waals surface area contributed by atoms with Crippen molar-refractivity contribution in [2.75, 3.05) is 6.54 Å². The molecule has 3 N–H and O–H groups in total. The second-order valence-electron chi connectivity index (χ2n) is 12.4. The first-order valence-corrected chi connectivity index (χ1v) is 16.7. The topological polar surface area (TPSA) is 101 Å². The highest BCUT2D eigenvalue weighted by atomic mass is 35.5. The summed E-state index contributed by atoms with van der Waals surface area (Å²) in [6.45, 7) is 7.77. The summed E-state index contributed by atoms with van der Waals surface area (Å²) in [5.41, 5.74) is 0.648. The lowest BCUT2D eigenvalue weighted by molar-refractivity contribution is -0.161. The smallest absolute Gasteiger partial charge is 0.304 e. The van der Waals surface area contributed by atoms with Crippen molar-refractivity contribution in [2.45, 2.75) is 75.4 Å². The number of carboxylic acids is 1. The average Bonchev–Trinajstić information content (AvgIpc) is 3.10. The standard InChI is InChI=1S/C33H38Cl2N2O5S/c1-5-25(20-36-32(2,3)27-11-6-7-12-28(27)43(36,41)42)37-30(21-13-15-23(34)16-14-21)26(22-9-8-10-24(35)17-22)18-33(4,31(37)40)19-29(38)39/h6-17,25-26,30,41-42H,5,18-20H2,1-4H3,(H,38,39). The molecule has 0 radical (unpaired) electrons. The zero-order valence-corrected chi connectivity index (χ0v) is 27.0. The first-order valence-electron chi connectivity index (χ1n) is 14.4. The molecule has 0 aliphatic carbocycles. The third kappa shape index (κ3) is 5.70. The number of piperidine rings is 1. The van der Waals surface area contributed by atoms with Crippen LogP contribution >= 0.6 is 34.0 Å². The predicted molar refractivity (Wildman–Crippen MR) is 172 cm³/mol. The summed E-state index contributed by atoms with van der Waals surface area (Å²) >= 11 is 12.7.